The molecule has 81 valence electrons. The smallest absolute Gasteiger partial charge is 0.101 e. The molecule has 0 spiro atoms. The molecule has 0 heterocycles. The molecule has 0 unspecified atom stereocenters. The third kappa shape index (κ3) is 11.4. The summed E-state index contributed by atoms with van der Waals surface area (Å²) in [5.41, 5.74) is -0.807. The van der Waals surface area contributed by atoms with E-state index in [0.717, 1.165) is 19.3 Å². The van der Waals surface area contributed by atoms with Gasteiger partial charge in [0.25, 0.3) is 0 Å². The molecule has 0 aliphatic rings. The maximum absolute atomic E-state index is 11.2. The molecule has 1 heteroatoms. The SMILES string of the molecule is CC/C=C/CCC/C=C/CC(C)(C)[O]. The highest BCUT2D eigenvalue weighted by molar-refractivity contribution is 4.88. The Bertz CT molecular complexity index is 172. The summed E-state index contributed by atoms with van der Waals surface area (Å²) < 4.78 is 0. The minimum Gasteiger partial charge on any atom is -0.230 e. The van der Waals surface area contributed by atoms with Gasteiger partial charge in [-0.2, -0.15) is 0 Å². The lowest BCUT2D eigenvalue weighted by Gasteiger charge is -2.09. The molecule has 1 nitrogen and oxygen atoms in total. The maximum atomic E-state index is 11.2. The van der Waals surface area contributed by atoms with Crippen molar-refractivity contribution in [2.45, 2.75) is 58.5 Å². The highest BCUT2D eigenvalue weighted by Gasteiger charge is 2.11. The predicted molar refractivity (Wildman–Crippen MR) is 61.8 cm³/mol. The van der Waals surface area contributed by atoms with Gasteiger partial charge in [-0.3, -0.25) is 0 Å². The van der Waals surface area contributed by atoms with Crippen LogP contribution in [0.5, 0.6) is 0 Å². The van der Waals surface area contributed by atoms with Crippen LogP contribution in [0.2, 0.25) is 0 Å². The Labute approximate surface area is 88.5 Å². The number of rotatable bonds is 7. The van der Waals surface area contributed by atoms with Gasteiger partial charge in [-0.05, 0) is 46.0 Å². The van der Waals surface area contributed by atoms with E-state index in [1.54, 1.807) is 13.8 Å². The van der Waals surface area contributed by atoms with E-state index in [-0.39, 0.29) is 0 Å². The summed E-state index contributed by atoms with van der Waals surface area (Å²) in [6.07, 6.45) is 13.7. The van der Waals surface area contributed by atoms with Gasteiger partial charge in [0.15, 0.2) is 0 Å². The minimum absolute atomic E-state index is 0.637. The van der Waals surface area contributed by atoms with Crippen molar-refractivity contribution in [3.63, 3.8) is 0 Å². The number of hydrogen-bond acceptors (Lipinski definition) is 0. The van der Waals surface area contributed by atoms with E-state index in [4.69, 9.17) is 0 Å². The lowest BCUT2D eigenvalue weighted by Crippen LogP contribution is -2.14. The Hall–Kier alpha value is -0.560. The summed E-state index contributed by atoms with van der Waals surface area (Å²) in [5.74, 6) is 0. The normalized spacial score (nSPS) is 13.1. The fourth-order valence-electron chi connectivity index (χ4n) is 1.12. The van der Waals surface area contributed by atoms with Crippen molar-refractivity contribution in [1.29, 1.82) is 0 Å². The molecule has 1 radical (unpaired) electrons. The van der Waals surface area contributed by atoms with E-state index >= 15 is 0 Å². The van der Waals surface area contributed by atoms with E-state index in [0.29, 0.717) is 6.42 Å². The Morgan fingerprint density at radius 1 is 1.00 bits per heavy atom. The van der Waals surface area contributed by atoms with E-state index in [9.17, 15) is 5.11 Å². The van der Waals surface area contributed by atoms with Crippen molar-refractivity contribution in [1.82, 2.24) is 0 Å². The quantitative estimate of drug-likeness (QED) is 0.427. The third-order valence-corrected chi connectivity index (χ3v) is 1.92. The standard InChI is InChI=1S/C13H23O/c1-4-5-6-7-8-9-10-11-12-13(2,3)14/h5-6,10-11H,4,7-9,12H2,1-3H3/b6-5+,11-10+. The second-order valence-corrected chi connectivity index (χ2v) is 4.25. The summed E-state index contributed by atoms with van der Waals surface area (Å²) in [6.45, 7) is 5.59. The van der Waals surface area contributed by atoms with Gasteiger partial charge >= 0.3 is 0 Å². The van der Waals surface area contributed by atoms with Crippen LogP contribution in [0.3, 0.4) is 0 Å². The van der Waals surface area contributed by atoms with Crippen molar-refractivity contribution >= 4 is 0 Å². The van der Waals surface area contributed by atoms with Crippen molar-refractivity contribution in [3.8, 4) is 0 Å². The topological polar surface area (TPSA) is 19.9 Å². The highest BCUT2D eigenvalue weighted by Crippen LogP contribution is 2.09. The largest absolute Gasteiger partial charge is 0.230 e. The van der Waals surface area contributed by atoms with Gasteiger partial charge in [0.2, 0.25) is 0 Å². The Morgan fingerprint density at radius 2 is 1.57 bits per heavy atom. The van der Waals surface area contributed by atoms with Crippen LogP contribution in [-0.4, -0.2) is 5.60 Å². The molecule has 0 aromatic carbocycles. The van der Waals surface area contributed by atoms with Gasteiger partial charge in [0, 0.05) is 0 Å². The molecule has 0 aliphatic heterocycles. The Balaban J connectivity index is 3.32. The van der Waals surface area contributed by atoms with E-state index in [1.165, 1.54) is 6.42 Å². The molecule has 0 atom stereocenters. The predicted octanol–water partition coefficient (Wildman–Crippen LogP) is 4.28. The van der Waals surface area contributed by atoms with Crippen molar-refractivity contribution in [2.24, 2.45) is 0 Å². The van der Waals surface area contributed by atoms with Crippen LogP contribution in [0.4, 0.5) is 0 Å². The first-order chi connectivity index (χ1) is 6.56. The van der Waals surface area contributed by atoms with Crippen LogP contribution in [-0.2, 0) is 5.11 Å². The fourth-order valence-corrected chi connectivity index (χ4v) is 1.12. The fraction of sp³-hybridized carbons (Fsp3) is 0.692. The summed E-state index contributed by atoms with van der Waals surface area (Å²) in [5, 5.41) is 11.2. The minimum atomic E-state index is -0.807. The van der Waals surface area contributed by atoms with Gasteiger partial charge in [-0.15, -0.1) is 0 Å². The summed E-state index contributed by atoms with van der Waals surface area (Å²) in [6, 6.07) is 0. The molecule has 0 N–H and O–H groups in total. The molecule has 0 aromatic rings. The van der Waals surface area contributed by atoms with Crippen LogP contribution in [0.15, 0.2) is 24.3 Å². The van der Waals surface area contributed by atoms with E-state index < -0.39 is 5.60 Å². The van der Waals surface area contributed by atoms with Gasteiger partial charge in [-0.25, -0.2) is 5.11 Å². The number of allylic oxidation sites excluding steroid dienone is 3. The zero-order valence-electron chi connectivity index (χ0n) is 9.75. The lowest BCUT2D eigenvalue weighted by molar-refractivity contribution is 0.00707. The van der Waals surface area contributed by atoms with Crippen LogP contribution in [0.1, 0.15) is 52.9 Å². The molecule has 0 bridgehead atoms. The summed E-state index contributed by atoms with van der Waals surface area (Å²) in [7, 11) is 0. The van der Waals surface area contributed by atoms with Crippen LogP contribution in [0, 0.1) is 0 Å². The molecule has 0 rings (SSSR count). The molecule has 0 saturated heterocycles. The number of unbranched alkanes of at least 4 members (excludes halogenated alkanes) is 2. The molecular formula is C13H23O. The van der Waals surface area contributed by atoms with Gasteiger partial charge in [0.05, 0.1) is 0 Å². The van der Waals surface area contributed by atoms with Crippen molar-refractivity contribution in [2.75, 3.05) is 0 Å². The van der Waals surface area contributed by atoms with E-state index in [2.05, 4.69) is 25.2 Å². The van der Waals surface area contributed by atoms with Crippen LogP contribution in [0.25, 0.3) is 0 Å². The third-order valence-electron chi connectivity index (χ3n) is 1.92. The first-order valence-corrected chi connectivity index (χ1v) is 5.56. The molecular weight excluding hydrogens is 172 g/mol. The monoisotopic (exact) mass is 195 g/mol. The van der Waals surface area contributed by atoms with E-state index in [1.807, 2.05) is 6.08 Å². The zero-order valence-corrected chi connectivity index (χ0v) is 9.75. The highest BCUT2D eigenvalue weighted by atomic mass is 16.3. The average Bonchev–Trinajstić information content (AvgIpc) is 2.08. The molecule has 0 aliphatic carbocycles. The molecule has 0 fully saturated rings. The zero-order chi connectivity index (χ0) is 10.9. The van der Waals surface area contributed by atoms with Crippen molar-refractivity contribution < 1.29 is 5.11 Å². The summed E-state index contributed by atoms with van der Waals surface area (Å²) >= 11 is 0. The Kier molecular flexibility index (Phi) is 7.50. The first-order valence-electron chi connectivity index (χ1n) is 5.56. The van der Waals surface area contributed by atoms with Crippen LogP contribution < -0.4 is 0 Å². The van der Waals surface area contributed by atoms with Gasteiger partial charge in [0.1, 0.15) is 5.60 Å². The van der Waals surface area contributed by atoms with Crippen LogP contribution >= 0.6 is 0 Å². The molecule has 0 amide bonds. The number of hydrogen-bond donors (Lipinski definition) is 0. The van der Waals surface area contributed by atoms with Crippen molar-refractivity contribution in [3.05, 3.63) is 24.3 Å². The summed E-state index contributed by atoms with van der Waals surface area (Å²) in [4.78, 5) is 0. The Morgan fingerprint density at radius 3 is 2.07 bits per heavy atom. The molecule has 0 aromatic heterocycles. The van der Waals surface area contributed by atoms with Gasteiger partial charge in [-0.1, -0.05) is 31.2 Å². The molecule has 0 saturated carbocycles. The maximum Gasteiger partial charge on any atom is 0.101 e. The van der Waals surface area contributed by atoms with Gasteiger partial charge < -0.3 is 0 Å². The lowest BCUT2D eigenvalue weighted by atomic mass is 10.1. The average molecular weight is 195 g/mol. The second kappa shape index (κ2) is 7.81. The second-order valence-electron chi connectivity index (χ2n) is 4.25. The first kappa shape index (κ1) is 13.4. The molecule has 14 heavy (non-hydrogen) atoms.